The van der Waals surface area contributed by atoms with Crippen molar-refractivity contribution in [2.24, 2.45) is 5.92 Å². The highest BCUT2D eigenvalue weighted by Crippen LogP contribution is 2.20. The fourth-order valence-electron chi connectivity index (χ4n) is 2.62. The first-order valence-corrected chi connectivity index (χ1v) is 8.15. The smallest absolute Gasteiger partial charge is 0.319 e. The first-order chi connectivity index (χ1) is 12.3. The summed E-state index contributed by atoms with van der Waals surface area (Å²) in [5.41, 5.74) is 2.29. The molecule has 0 spiro atoms. The van der Waals surface area contributed by atoms with Crippen LogP contribution in [0.3, 0.4) is 0 Å². The number of urea groups is 1. The van der Waals surface area contributed by atoms with Gasteiger partial charge in [-0.15, -0.1) is 0 Å². The number of pyridine rings is 2. The number of amides is 2. The Labute approximate surface area is 145 Å². The minimum atomic E-state index is -0.322. The molecule has 1 atom stereocenters. The number of carbonyl (C=O) groups is 1. The van der Waals surface area contributed by atoms with Crippen LogP contribution in [0.25, 0.3) is 10.9 Å². The van der Waals surface area contributed by atoms with Crippen LogP contribution in [0.5, 0.6) is 0 Å². The summed E-state index contributed by atoms with van der Waals surface area (Å²) >= 11 is 0. The van der Waals surface area contributed by atoms with E-state index in [0.717, 1.165) is 16.6 Å². The average molecular weight is 336 g/mol. The van der Waals surface area contributed by atoms with Crippen molar-refractivity contribution in [2.75, 3.05) is 18.5 Å². The zero-order chi connectivity index (χ0) is 17.5. The molecule has 128 valence electrons. The molecule has 0 aliphatic heterocycles. The largest absolute Gasteiger partial charge is 0.396 e. The van der Waals surface area contributed by atoms with Gasteiger partial charge in [-0.25, -0.2) is 4.79 Å². The maximum Gasteiger partial charge on any atom is 0.319 e. The number of benzene rings is 1. The molecule has 0 aliphatic carbocycles. The summed E-state index contributed by atoms with van der Waals surface area (Å²) in [7, 11) is 0. The third kappa shape index (κ3) is 4.51. The molecule has 2 amide bonds. The van der Waals surface area contributed by atoms with Crippen LogP contribution in [-0.4, -0.2) is 34.3 Å². The molecule has 3 aromatic rings. The Morgan fingerprint density at radius 3 is 2.68 bits per heavy atom. The van der Waals surface area contributed by atoms with E-state index in [0.29, 0.717) is 18.7 Å². The molecule has 6 heteroatoms. The molecule has 1 unspecified atom stereocenters. The summed E-state index contributed by atoms with van der Waals surface area (Å²) in [6.07, 6.45) is 4.02. The van der Waals surface area contributed by atoms with E-state index >= 15 is 0 Å². The molecule has 3 rings (SSSR count). The predicted octanol–water partition coefficient (Wildman–Crippen LogP) is 2.60. The summed E-state index contributed by atoms with van der Waals surface area (Å²) in [4.78, 5) is 20.7. The molecular formula is C19H20N4O2. The van der Waals surface area contributed by atoms with Crippen LogP contribution in [0.1, 0.15) is 5.69 Å². The summed E-state index contributed by atoms with van der Waals surface area (Å²) in [5.74, 6) is -0.0914. The summed E-state index contributed by atoms with van der Waals surface area (Å²) < 4.78 is 0. The summed E-state index contributed by atoms with van der Waals surface area (Å²) in [6, 6.07) is 14.8. The predicted molar refractivity (Wildman–Crippen MR) is 97.3 cm³/mol. The molecular weight excluding hydrogens is 316 g/mol. The Hall–Kier alpha value is -2.99. The minimum Gasteiger partial charge on any atom is -0.396 e. The third-order valence-corrected chi connectivity index (χ3v) is 3.91. The molecule has 1 aromatic carbocycles. The van der Waals surface area contributed by atoms with Crippen molar-refractivity contribution in [3.05, 3.63) is 66.6 Å². The van der Waals surface area contributed by atoms with Crippen molar-refractivity contribution in [2.45, 2.75) is 6.42 Å². The number of hydrogen-bond donors (Lipinski definition) is 3. The van der Waals surface area contributed by atoms with E-state index in [1.165, 1.54) is 0 Å². The Morgan fingerprint density at radius 1 is 1.04 bits per heavy atom. The van der Waals surface area contributed by atoms with E-state index in [4.69, 9.17) is 0 Å². The van der Waals surface area contributed by atoms with Crippen LogP contribution in [0.15, 0.2) is 60.9 Å². The van der Waals surface area contributed by atoms with Gasteiger partial charge in [0.2, 0.25) is 0 Å². The highest BCUT2D eigenvalue weighted by Gasteiger charge is 2.12. The topological polar surface area (TPSA) is 87.1 Å². The Bertz CT molecular complexity index is 834. The van der Waals surface area contributed by atoms with Crippen molar-refractivity contribution in [1.82, 2.24) is 15.3 Å². The number of rotatable bonds is 6. The fraction of sp³-hybridized carbons (Fsp3) is 0.211. The number of aromatic nitrogens is 2. The van der Waals surface area contributed by atoms with Gasteiger partial charge < -0.3 is 15.7 Å². The van der Waals surface area contributed by atoms with Gasteiger partial charge in [0.05, 0.1) is 11.2 Å². The molecule has 0 radical (unpaired) electrons. The SMILES string of the molecule is O=C(NCC(CO)Cc1ccccn1)Nc1cccc2cccnc12. The van der Waals surface area contributed by atoms with Gasteiger partial charge in [-0.3, -0.25) is 9.97 Å². The van der Waals surface area contributed by atoms with Gasteiger partial charge in [-0.2, -0.15) is 0 Å². The highest BCUT2D eigenvalue weighted by molar-refractivity contribution is 5.99. The second-order valence-electron chi connectivity index (χ2n) is 5.79. The second kappa shape index (κ2) is 8.21. The number of para-hydroxylation sites is 1. The number of carbonyl (C=O) groups excluding carboxylic acids is 1. The van der Waals surface area contributed by atoms with Crippen LogP contribution in [0.2, 0.25) is 0 Å². The number of aliphatic hydroxyl groups is 1. The normalized spacial score (nSPS) is 11.9. The minimum absolute atomic E-state index is 0.0212. The lowest BCUT2D eigenvalue weighted by molar-refractivity contribution is 0.217. The van der Waals surface area contributed by atoms with Crippen LogP contribution >= 0.6 is 0 Å². The van der Waals surface area contributed by atoms with E-state index in [-0.39, 0.29) is 18.6 Å². The van der Waals surface area contributed by atoms with E-state index < -0.39 is 0 Å². The molecule has 6 nitrogen and oxygen atoms in total. The lowest BCUT2D eigenvalue weighted by Gasteiger charge is -2.15. The third-order valence-electron chi connectivity index (χ3n) is 3.91. The Morgan fingerprint density at radius 2 is 1.88 bits per heavy atom. The van der Waals surface area contributed by atoms with E-state index in [1.54, 1.807) is 12.4 Å². The monoisotopic (exact) mass is 336 g/mol. The summed E-state index contributed by atoms with van der Waals surface area (Å²) in [6.45, 7) is 0.337. The Balaban J connectivity index is 1.58. The van der Waals surface area contributed by atoms with E-state index in [1.807, 2.05) is 48.5 Å². The number of nitrogens with zero attached hydrogens (tertiary/aromatic N) is 2. The van der Waals surface area contributed by atoms with E-state index in [9.17, 15) is 9.90 Å². The Kier molecular flexibility index (Phi) is 5.53. The van der Waals surface area contributed by atoms with Crippen LogP contribution in [0, 0.1) is 5.92 Å². The van der Waals surface area contributed by atoms with Gasteiger partial charge in [-0.1, -0.05) is 24.3 Å². The van der Waals surface area contributed by atoms with Gasteiger partial charge in [-0.05, 0) is 30.7 Å². The van der Waals surface area contributed by atoms with E-state index in [2.05, 4.69) is 20.6 Å². The molecule has 2 aromatic heterocycles. The van der Waals surface area contributed by atoms with Crippen LogP contribution < -0.4 is 10.6 Å². The molecule has 3 N–H and O–H groups in total. The summed E-state index contributed by atoms with van der Waals surface area (Å²) in [5, 5.41) is 16.1. The van der Waals surface area contributed by atoms with Gasteiger partial charge in [0.1, 0.15) is 0 Å². The molecule has 0 saturated heterocycles. The van der Waals surface area contributed by atoms with Gasteiger partial charge in [0.15, 0.2) is 0 Å². The number of nitrogens with one attached hydrogen (secondary N) is 2. The zero-order valence-electron chi connectivity index (χ0n) is 13.7. The van der Waals surface area contributed by atoms with Crippen LogP contribution in [0.4, 0.5) is 10.5 Å². The molecule has 0 fully saturated rings. The molecule has 0 saturated carbocycles. The maximum absolute atomic E-state index is 12.2. The number of aliphatic hydroxyl groups excluding tert-OH is 1. The average Bonchev–Trinajstić information content (AvgIpc) is 2.66. The lowest BCUT2D eigenvalue weighted by Crippen LogP contribution is -2.35. The first kappa shape index (κ1) is 16.9. The molecule has 25 heavy (non-hydrogen) atoms. The van der Waals surface area contributed by atoms with Crippen molar-refractivity contribution in [3.63, 3.8) is 0 Å². The second-order valence-corrected chi connectivity index (χ2v) is 5.79. The van der Waals surface area contributed by atoms with Crippen LogP contribution in [-0.2, 0) is 6.42 Å². The first-order valence-electron chi connectivity index (χ1n) is 8.15. The van der Waals surface area contributed by atoms with Gasteiger partial charge in [0.25, 0.3) is 0 Å². The van der Waals surface area contributed by atoms with Gasteiger partial charge in [0, 0.05) is 42.5 Å². The van der Waals surface area contributed by atoms with Crippen molar-refractivity contribution in [3.8, 4) is 0 Å². The number of anilines is 1. The molecule has 2 heterocycles. The van der Waals surface area contributed by atoms with Crippen molar-refractivity contribution in [1.29, 1.82) is 0 Å². The van der Waals surface area contributed by atoms with Gasteiger partial charge >= 0.3 is 6.03 Å². The highest BCUT2D eigenvalue weighted by atomic mass is 16.3. The molecule has 0 bridgehead atoms. The molecule has 0 aliphatic rings. The number of hydrogen-bond acceptors (Lipinski definition) is 4. The van der Waals surface area contributed by atoms with Crippen molar-refractivity contribution < 1.29 is 9.90 Å². The lowest BCUT2D eigenvalue weighted by atomic mass is 10.0. The quantitative estimate of drug-likeness (QED) is 0.646. The standard InChI is InChI=1S/C19H20N4O2/c24-13-14(11-16-7-1-2-9-20-16)12-22-19(25)23-17-8-3-5-15-6-4-10-21-18(15)17/h1-10,14,24H,11-13H2,(H2,22,23,25). The van der Waals surface area contributed by atoms with Crippen molar-refractivity contribution >= 4 is 22.6 Å². The zero-order valence-corrected chi connectivity index (χ0v) is 13.7. The fourth-order valence-corrected chi connectivity index (χ4v) is 2.62. The number of fused-ring (bicyclic) bond motifs is 1. The maximum atomic E-state index is 12.2.